The zero-order valence-electron chi connectivity index (χ0n) is 20.8. The lowest BCUT2D eigenvalue weighted by Crippen LogP contribution is -2.63. The first-order valence-corrected chi connectivity index (χ1v) is 13.6. The van der Waals surface area contributed by atoms with E-state index in [9.17, 15) is 45.4 Å². The first-order chi connectivity index (χ1) is 18.7. The largest absolute Gasteiger partial charge is 0.394 e. The molecule has 2 aliphatic heterocycles. The number of thiophene rings is 1. The Bertz CT molecular complexity index is 900. The lowest BCUT2D eigenvalue weighted by Gasteiger charge is -2.46. The van der Waals surface area contributed by atoms with Gasteiger partial charge >= 0.3 is 6.03 Å². The van der Waals surface area contributed by atoms with Gasteiger partial charge in [-0.15, -0.1) is 27.8 Å². The fraction of sp³-hybridized carbons (Fsp3) is 0.773. The van der Waals surface area contributed by atoms with Crippen molar-refractivity contribution in [2.24, 2.45) is 11.2 Å². The van der Waals surface area contributed by atoms with Crippen LogP contribution in [0.15, 0.2) is 22.8 Å². The van der Waals surface area contributed by atoms with Gasteiger partial charge in [-0.05, 0) is 11.4 Å². The maximum atomic E-state index is 13.1. The number of nitrogens with zero attached hydrogens (tertiary/aromatic N) is 3. The van der Waals surface area contributed by atoms with Crippen molar-refractivity contribution in [1.29, 1.82) is 0 Å². The molecule has 39 heavy (non-hydrogen) atoms. The first kappa shape index (κ1) is 32.0. The van der Waals surface area contributed by atoms with Crippen LogP contribution in [0.4, 0.5) is 4.79 Å². The van der Waals surface area contributed by atoms with E-state index in [1.807, 2.05) is 0 Å². The summed E-state index contributed by atoms with van der Waals surface area (Å²) in [6, 6.07) is 2.53. The van der Waals surface area contributed by atoms with Crippen LogP contribution in [-0.4, -0.2) is 146 Å². The van der Waals surface area contributed by atoms with Crippen LogP contribution in [0.5, 0.6) is 0 Å². The number of carbonyl (C=O) groups is 1. The predicted molar refractivity (Wildman–Crippen MR) is 134 cm³/mol. The van der Waals surface area contributed by atoms with E-state index < -0.39 is 80.2 Å². The zero-order chi connectivity index (χ0) is 28.7. The van der Waals surface area contributed by atoms with Crippen molar-refractivity contribution in [3.05, 3.63) is 27.3 Å². The fourth-order valence-electron chi connectivity index (χ4n) is 4.52. The summed E-state index contributed by atoms with van der Waals surface area (Å²) < 4.78 is 16.8. The highest BCUT2D eigenvalue weighted by molar-refractivity contribution is 7.09. The van der Waals surface area contributed by atoms with Gasteiger partial charge in [-0.25, -0.2) is 4.79 Å². The maximum Gasteiger partial charge on any atom is 0.345 e. The Morgan fingerprint density at radius 2 is 1.67 bits per heavy atom. The van der Waals surface area contributed by atoms with Crippen LogP contribution in [0.2, 0.25) is 0 Å². The lowest BCUT2D eigenvalue weighted by molar-refractivity contribution is -0.259. The Kier molecular flexibility index (Phi) is 12.2. The Morgan fingerprint density at radius 3 is 2.26 bits per heavy atom. The SMILES string of the molecule is O=NN(CCCl)C(=O)N(Cc1cccs1)C1OC(CO)C(COCC2OC(CO)C(O)C(O)C2O)C(O)C1O. The third-order valence-electron chi connectivity index (χ3n) is 6.71. The fourth-order valence-corrected chi connectivity index (χ4v) is 5.38. The summed E-state index contributed by atoms with van der Waals surface area (Å²) in [5, 5.41) is 76.3. The Balaban J connectivity index is 1.71. The molecule has 0 bridgehead atoms. The molecule has 2 aliphatic rings. The van der Waals surface area contributed by atoms with Crippen LogP contribution in [0.25, 0.3) is 0 Å². The normalized spacial score (nSPS) is 35.0. The van der Waals surface area contributed by atoms with Gasteiger partial charge in [0.05, 0.1) is 57.0 Å². The number of halogens is 1. The standard InChI is InChI=1S/C22H34ClN3O12S/c23-3-4-26(24-35)22(34)25(6-11-2-1-5-39-11)21-20(33)16(29)12(13(7-27)38-21)9-36-10-15-18(31)19(32)17(30)14(8-28)37-15/h1-2,5,12-21,27-33H,3-4,6-10H2. The van der Waals surface area contributed by atoms with Crippen molar-refractivity contribution in [2.75, 3.05) is 38.9 Å². The highest BCUT2D eigenvalue weighted by atomic mass is 35.5. The highest BCUT2D eigenvalue weighted by Crippen LogP contribution is 2.31. The van der Waals surface area contributed by atoms with Gasteiger partial charge in [-0.1, -0.05) is 6.07 Å². The molecule has 1 aromatic heterocycles. The van der Waals surface area contributed by atoms with E-state index in [0.29, 0.717) is 9.89 Å². The topological polar surface area (TPSA) is 222 Å². The molecule has 7 N–H and O–H groups in total. The average Bonchev–Trinajstić information content (AvgIpc) is 3.46. The zero-order valence-corrected chi connectivity index (χ0v) is 22.3. The van der Waals surface area contributed by atoms with Gasteiger partial charge in [0.25, 0.3) is 0 Å². The molecule has 0 spiro atoms. The molecular weight excluding hydrogens is 566 g/mol. The number of carbonyl (C=O) groups excluding carboxylic acids is 1. The molecule has 0 radical (unpaired) electrons. The smallest absolute Gasteiger partial charge is 0.345 e. The van der Waals surface area contributed by atoms with Crippen molar-refractivity contribution in [3.63, 3.8) is 0 Å². The van der Waals surface area contributed by atoms with Crippen LogP contribution >= 0.6 is 22.9 Å². The summed E-state index contributed by atoms with van der Waals surface area (Å²) in [4.78, 5) is 26.1. The molecular formula is C22H34ClN3O12S. The molecule has 10 unspecified atom stereocenters. The molecule has 1 aromatic rings. The predicted octanol–water partition coefficient (Wildman–Crippen LogP) is -2.19. The van der Waals surface area contributed by atoms with Gasteiger partial charge < -0.3 is 50.0 Å². The number of urea groups is 1. The molecule has 2 saturated heterocycles. The summed E-state index contributed by atoms with van der Waals surface area (Å²) >= 11 is 6.98. The van der Waals surface area contributed by atoms with Crippen molar-refractivity contribution >= 4 is 29.0 Å². The minimum Gasteiger partial charge on any atom is -0.394 e. The Labute approximate surface area is 232 Å². The number of aliphatic hydroxyl groups excluding tert-OH is 7. The number of alkyl halides is 1. The Hall–Kier alpha value is -1.54. The number of hydrogen-bond donors (Lipinski definition) is 7. The van der Waals surface area contributed by atoms with Crippen LogP contribution in [0.1, 0.15) is 4.88 Å². The van der Waals surface area contributed by atoms with Crippen LogP contribution in [0.3, 0.4) is 0 Å². The lowest BCUT2D eigenvalue weighted by atomic mass is 9.89. The minimum absolute atomic E-state index is 0.0891. The van der Waals surface area contributed by atoms with E-state index in [1.165, 1.54) is 11.3 Å². The van der Waals surface area contributed by atoms with E-state index >= 15 is 0 Å². The third kappa shape index (κ3) is 7.41. The van der Waals surface area contributed by atoms with Crippen molar-refractivity contribution in [2.45, 2.75) is 61.6 Å². The molecule has 0 saturated carbocycles. The number of rotatable bonds is 12. The molecule has 2 amide bonds. The van der Waals surface area contributed by atoms with Crippen LogP contribution in [0, 0.1) is 10.8 Å². The number of aliphatic hydroxyl groups is 7. The summed E-state index contributed by atoms with van der Waals surface area (Å²) in [6.07, 6.45) is -12.8. The van der Waals surface area contributed by atoms with Gasteiger partial charge in [-0.2, -0.15) is 5.01 Å². The van der Waals surface area contributed by atoms with Gasteiger partial charge in [0, 0.05) is 16.7 Å². The molecule has 10 atom stereocenters. The van der Waals surface area contributed by atoms with E-state index in [0.717, 1.165) is 4.90 Å². The molecule has 222 valence electrons. The van der Waals surface area contributed by atoms with Crippen molar-refractivity contribution in [3.8, 4) is 0 Å². The monoisotopic (exact) mass is 599 g/mol. The second-order valence-corrected chi connectivity index (χ2v) is 10.6. The van der Waals surface area contributed by atoms with Gasteiger partial charge in [0.15, 0.2) is 6.23 Å². The highest BCUT2D eigenvalue weighted by Gasteiger charge is 2.49. The van der Waals surface area contributed by atoms with E-state index in [2.05, 4.69) is 5.29 Å². The van der Waals surface area contributed by atoms with Gasteiger partial charge in [-0.3, -0.25) is 4.90 Å². The number of nitroso groups, excluding NO2 is 1. The molecule has 15 nitrogen and oxygen atoms in total. The van der Waals surface area contributed by atoms with Crippen molar-refractivity contribution < 1.29 is 54.8 Å². The number of amides is 2. The third-order valence-corrected chi connectivity index (χ3v) is 7.74. The second-order valence-electron chi connectivity index (χ2n) is 9.18. The minimum atomic E-state index is -1.69. The maximum absolute atomic E-state index is 13.1. The molecule has 3 heterocycles. The van der Waals surface area contributed by atoms with E-state index in [-0.39, 0.29) is 32.2 Å². The van der Waals surface area contributed by atoms with Gasteiger partial charge in [0.1, 0.15) is 36.6 Å². The molecule has 0 aromatic carbocycles. The first-order valence-electron chi connectivity index (χ1n) is 12.2. The summed E-state index contributed by atoms with van der Waals surface area (Å²) in [5.41, 5.74) is 0. The molecule has 2 fully saturated rings. The summed E-state index contributed by atoms with van der Waals surface area (Å²) in [7, 11) is 0. The van der Waals surface area contributed by atoms with Crippen LogP contribution in [-0.2, 0) is 20.8 Å². The van der Waals surface area contributed by atoms with Crippen molar-refractivity contribution in [1.82, 2.24) is 9.91 Å². The number of hydrogen-bond acceptors (Lipinski definition) is 14. The number of ether oxygens (including phenoxy) is 3. The Morgan fingerprint density at radius 1 is 0.974 bits per heavy atom. The second kappa shape index (κ2) is 14.9. The van der Waals surface area contributed by atoms with Gasteiger partial charge in [0.2, 0.25) is 0 Å². The average molecular weight is 600 g/mol. The molecule has 0 aliphatic carbocycles. The van der Waals surface area contributed by atoms with Crippen LogP contribution < -0.4 is 0 Å². The van der Waals surface area contributed by atoms with E-state index in [4.69, 9.17) is 25.8 Å². The summed E-state index contributed by atoms with van der Waals surface area (Å²) in [6.45, 7) is -2.20. The summed E-state index contributed by atoms with van der Waals surface area (Å²) in [5.74, 6) is -1.10. The quantitative estimate of drug-likeness (QED) is 0.0773. The molecule has 3 rings (SSSR count). The van der Waals surface area contributed by atoms with E-state index in [1.54, 1.807) is 17.5 Å². The molecule has 17 heteroatoms.